The normalized spacial score (nSPS) is 22.0. The predicted molar refractivity (Wildman–Crippen MR) is 106 cm³/mol. The fourth-order valence-corrected chi connectivity index (χ4v) is 3.44. The average molecular weight is 365 g/mol. The van der Waals surface area contributed by atoms with Crippen molar-refractivity contribution in [3.63, 3.8) is 0 Å². The maximum absolute atomic E-state index is 12.7. The zero-order chi connectivity index (χ0) is 18.9. The van der Waals surface area contributed by atoms with Gasteiger partial charge in [0.25, 0.3) is 0 Å². The Hall–Kier alpha value is -0.685. The van der Waals surface area contributed by atoms with Gasteiger partial charge in [0, 0.05) is 0 Å². The van der Waals surface area contributed by atoms with E-state index >= 15 is 0 Å². The molecule has 1 aliphatic rings. The lowest BCUT2D eigenvalue weighted by molar-refractivity contribution is 0.00578. The van der Waals surface area contributed by atoms with Gasteiger partial charge < -0.3 is 9.31 Å². The zero-order valence-corrected chi connectivity index (χ0v) is 17.4. The van der Waals surface area contributed by atoms with Crippen molar-refractivity contribution >= 4 is 18.1 Å². The third kappa shape index (κ3) is 5.16. The van der Waals surface area contributed by atoms with Crippen molar-refractivity contribution < 1.29 is 13.5 Å². The van der Waals surface area contributed by atoms with E-state index in [0.717, 1.165) is 12.8 Å². The molecule has 1 aromatic rings. The van der Waals surface area contributed by atoms with Crippen LogP contribution in [-0.4, -0.2) is 33.2 Å². The quantitative estimate of drug-likeness (QED) is 0.783. The SMILES string of the molecule is CC(C)(C)[S@@](=O)N[C@@H](CCc1ccccc1)B1OC(C)(C)C(C)(C)O1. The lowest BCUT2D eigenvalue weighted by atomic mass is 9.76. The second kappa shape index (κ2) is 7.51. The number of benzene rings is 1. The van der Waals surface area contributed by atoms with Crippen LogP contribution in [0.25, 0.3) is 0 Å². The molecule has 25 heavy (non-hydrogen) atoms. The lowest BCUT2D eigenvalue weighted by Gasteiger charge is -2.32. The van der Waals surface area contributed by atoms with Gasteiger partial charge in [0.05, 0.1) is 32.9 Å². The van der Waals surface area contributed by atoms with E-state index in [2.05, 4.69) is 16.9 Å². The van der Waals surface area contributed by atoms with Crippen LogP contribution in [0.1, 0.15) is 60.5 Å². The molecule has 2 rings (SSSR count). The van der Waals surface area contributed by atoms with E-state index in [1.807, 2.05) is 66.7 Å². The van der Waals surface area contributed by atoms with Gasteiger partial charge in [0.15, 0.2) is 0 Å². The van der Waals surface area contributed by atoms with Gasteiger partial charge in [-0.15, -0.1) is 0 Å². The van der Waals surface area contributed by atoms with Crippen LogP contribution in [-0.2, 0) is 26.7 Å². The molecule has 4 nitrogen and oxygen atoms in total. The molecule has 1 saturated heterocycles. The van der Waals surface area contributed by atoms with Crippen LogP contribution in [0.2, 0.25) is 0 Å². The monoisotopic (exact) mass is 365 g/mol. The summed E-state index contributed by atoms with van der Waals surface area (Å²) in [5.74, 6) is -0.138. The molecular formula is C19H32BNO3S. The standard InChI is InChI=1S/C19H32BNO3S/c1-17(2,3)25(22)21-16(14-13-15-11-9-8-10-12-15)20-23-18(4,5)19(6,7)24-20/h8-12,16,21H,13-14H2,1-7H3/t16-,25+/m0/s1. The Balaban J connectivity index is 2.13. The Bertz CT molecular complexity index is 582. The molecule has 0 saturated carbocycles. The van der Waals surface area contributed by atoms with Crippen LogP contribution in [0.5, 0.6) is 0 Å². The van der Waals surface area contributed by atoms with E-state index in [1.165, 1.54) is 5.56 Å². The van der Waals surface area contributed by atoms with Crippen LogP contribution in [0.3, 0.4) is 0 Å². The van der Waals surface area contributed by atoms with Crippen molar-refractivity contribution in [3.05, 3.63) is 35.9 Å². The second-order valence-electron chi connectivity index (χ2n) is 8.75. The molecule has 2 atom stereocenters. The van der Waals surface area contributed by atoms with Gasteiger partial charge in [0.1, 0.15) is 0 Å². The van der Waals surface area contributed by atoms with E-state index < -0.39 is 29.3 Å². The smallest absolute Gasteiger partial charge is 0.402 e. The van der Waals surface area contributed by atoms with E-state index in [1.54, 1.807) is 0 Å². The maximum atomic E-state index is 12.7. The third-order valence-electron chi connectivity index (χ3n) is 5.00. The number of hydrogen-bond acceptors (Lipinski definition) is 3. The first kappa shape index (κ1) is 20.6. The van der Waals surface area contributed by atoms with Crippen molar-refractivity contribution in [1.29, 1.82) is 0 Å². The van der Waals surface area contributed by atoms with Gasteiger partial charge in [-0.25, -0.2) is 8.93 Å². The van der Waals surface area contributed by atoms with Crippen molar-refractivity contribution in [2.75, 3.05) is 0 Å². The topological polar surface area (TPSA) is 47.6 Å². The summed E-state index contributed by atoms with van der Waals surface area (Å²) in [6.07, 6.45) is 1.67. The second-order valence-corrected chi connectivity index (χ2v) is 10.8. The van der Waals surface area contributed by atoms with Crippen LogP contribution < -0.4 is 4.72 Å². The molecule has 0 bridgehead atoms. The summed E-state index contributed by atoms with van der Waals surface area (Å²) < 4.78 is 28.0. The molecule has 0 amide bonds. The molecule has 0 aromatic heterocycles. The molecule has 0 aliphatic carbocycles. The molecule has 6 heteroatoms. The molecule has 0 spiro atoms. The summed E-state index contributed by atoms with van der Waals surface area (Å²) in [6, 6.07) is 10.3. The summed E-state index contributed by atoms with van der Waals surface area (Å²) in [6.45, 7) is 14.1. The summed E-state index contributed by atoms with van der Waals surface area (Å²) in [7, 11) is -1.60. The van der Waals surface area contributed by atoms with Gasteiger partial charge in [-0.1, -0.05) is 30.3 Å². The van der Waals surface area contributed by atoms with Gasteiger partial charge >= 0.3 is 7.12 Å². The van der Waals surface area contributed by atoms with Gasteiger partial charge in [0.2, 0.25) is 0 Å². The molecule has 0 unspecified atom stereocenters. The Morgan fingerprint density at radius 3 is 2.08 bits per heavy atom. The number of hydrogen-bond donors (Lipinski definition) is 1. The highest BCUT2D eigenvalue weighted by Gasteiger charge is 2.54. The van der Waals surface area contributed by atoms with Crippen molar-refractivity contribution in [1.82, 2.24) is 4.72 Å². The first-order chi connectivity index (χ1) is 11.4. The van der Waals surface area contributed by atoms with Crippen molar-refractivity contribution in [2.24, 2.45) is 0 Å². The van der Waals surface area contributed by atoms with Crippen LogP contribution in [0, 0.1) is 0 Å². The van der Waals surface area contributed by atoms with Crippen LogP contribution in [0.15, 0.2) is 30.3 Å². The van der Waals surface area contributed by atoms with Crippen LogP contribution >= 0.6 is 0 Å². The van der Waals surface area contributed by atoms with E-state index in [9.17, 15) is 4.21 Å². The summed E-state index contributed by atoms with van der Waals surface area (Å²) in [5, 5.41) is 0. The minimum Gasteiger partial charge on any atom is -0.402 e. The number of nitrogens with one attached hydrogen (secondary N) is 1. The largest absolute Gasteiger partial charge is 0.477 e. The van der Waals surface area contributed by atoms with Gasteiger partial charge in [-0.3, -0.25) is 0 Å². The molecular weight excluding hydrogens is 333 g/mol. The first-order valence-corrected chi connectivity index (χ1v) is 10.1. The molecule has 1 aliphatic heterocycles. The maximum Gasteiger partial charge on any atom is 0.477 e. The Morgan fingerprint density at radius 1 is 1.08 bits per heavy atom. The minimum absolute atomic E-state index is 0.138. The molecule has 140 valence electrons. The highest BCUT2D eigenvalue weighted by molar-refractivity contribution is 7.84. The fourth-order valence-electron chi connectivity index (χ4n) is 2.58. The minimum atomic E-state index is -1.18. The fraction of sp³-hybridized carbons (Fsp3) is 0.684. The van der Waals surface area contributed by atoms with E-state index in [-0.39, 0.29) is 10.7 Å². The average Bonchev–Trinajstić information content (AvgIpc) is 2.71. The van der Waals surface area contributed by atoms with Gasteiger partial charge in [-0.2, -0.15) is 0 Å². The van der Waals surface area contributed by atoms with Crippen LogP contribution in [0.4, 0.5) is 0 Å². The molecule has 1 fully saturated rings. The van der Waals surface area contributed by atoms with E-state index in [0.29, 0.717) is 0 Å². The lowest BCUT2D eigenvalue weighted by Crippen LogP contribution is -2.49. The Morgan fingerprint density at radius 2 is 1.60 bits per heavy atom. The number of rotatable bonds is 6. The predicted octanol–water partition coefficient (Wildman–Crippen LogP) is 3.67. The Kier molecular flexibility index (Phi) is 6.20. The van der Waals surface area contributed by atoms with Gasteiger partial charge in [-0.05, 0) is 66.9 Å². The van der Waals surface area contributed by atoms with E-state index in [4.69, 9.17) is 9.31 Å². The molecule has 1 aromatic carbocycles. The summed E-state index contributed by atoms with van der Waals surface area (Å²) in [5.41, 5.74) is 0.466. The first-order valence-electron chi connectivity index (χ1n) is 9.00. The van der Waals surface area contributed by atoms with Crippen molar-refractivity contribution in [3.8, 4) is 0 Å². The summed E-state index contributed by atoms with van der Waals surface area (Å²) >= 11 is 0. The highest BCUT2D eigenvalue weighted by Crippen LogP contribution is 2.38. The highest BCUT2D eigenvalue weighted by atomic mass is 32.2. The zero-order valence-electron chi connectivity index (χ0n) is 16.6. The molecule has 1 N–H and O–H groups in total. The molecule has 0 radical (unpaired) electrons. The Labute approximate surface area is 155 Å². The summed E-state index contributed by atoms with van der Waals surface area (Å²) in [4.78, 5) is 0. The molecule has 1 heterocycles. The third-order valence-corrected chi connectivity index (χ3v) is 6.63. The number of aryl methyl sites for hydroxylation is 1. The van der Waals surface area contributed by atoms with Crippen molar-refractivity contribution in [2.45, 2.75) is 83.2 Å².